The van der Waals surface area contributed by atoms with Crippen LogP contribution in [0.5, 0.6) is 0 Å². The molecular formula is C24H25N3O2S. The highest BCUT2D eigenvalue weighted by Crippen LogP contribution is 2.39. The number of carbonyl (C=O) groups is 1. The lowest BCUT2D eigenvalue weighted by atomic mass is 9.95. The van der Waals surface area contributed by atoms with Crippen LogP contribution < -0.4 is 5.32 Å². The van der Waals surface area contributed by atoms with Gasteiger partial charge in [-0.05, 0) is 48.8 Å². The second-order valence-corrected chi connectivity index (χ2v) is 8.78. The number of aromatic carboxylic acids is 1. The maximum absolute atomic E-state index is 11.9. The smallest absolute Gasteiger partial charge is 0.339 e. The summed E-state index contributed by atoms with van der Waals surface area (Å²) >= 11 is 1.59. The Bertz CT molecular complexity index is 1090. The van der Waals surface area contributed by atoms with Gasteiger partial charge in [-0.3, -0.25) is 0 Å². The summed E-state index contributed by atoms with van der Waals surface area (Å²) in [7, 11) is 0. The third-order valence-corrected chi connectivity index (χ3v) is 6.30. The van der Waals surface area contributed by atoms with Crippen molar-refractivity contribution < 1.29 is 9.90 Å². The zero-order valence-corrected chi connectivity index (χ0v) is 18.0. The fraction of sp³-hybridized carbons (Fsp3) is 0.292. The van der Waals surface area contributed by atoms with Crippen LogP contribution >= 0.6 is 11.3 Å². The van der Waals surface area contributed by atoms with Crippen molar-refractivity contribution in [2.45, 2.75) is 45.4 Å². The topological polar surface area (TPSA) is 75.1 Å². The van der Waals surface area contributed by atoms with Crippen molar-refractivity contribution in [3.05, 3.63) is 64.8 Å². The van der Waals surface area contributed by atoms with Crippen molar-refractivity contribution in [3.8, 4) is 11.1 Å². The third-order valence-electron chi connectivity index (χ3n) is 5.23. The molecule has 4 rings (SSSR count). The number of hydrogen-bond donors (Lipinski definition) is 2. The van der Waals surface area contributed by atoms with Gasteiger partial charge in [0.25, 0.3) is 0 Å². The molecule has 1 aliphatic carbocycles. The summed E-state index contributed by atoms with van der Waals surface area (Å²) in [6.07, 6.45) is 8.65. The van der Waals surface area contributed by atoms with Crippen LogP contribution in [-0.4, -0.2) is 21.0 Å². The molecule has 5 nitrogen and oxygen atoms in total. The molecule has 0 atom stereocenters. The quantitative estimate of drug-likeness (QED) is 0.463. The predicted molar refractivity (Wildman–Crippen MR) is 123 cm³/mol. The molecule has 1 aromatic carbocycles. The molecular weight excluding hydrogens is 394 g/mol. The summed E-state index contributed by atoms with van der Waals surface area (Å²) in [4.78, 5) is 22.4. The minimum Gasteiger partial charge on any atom is -0.478 e. The van der Waals surface area contributed by atoms with Crippen molar-refractivity contribution in [2.24, 2.45) is 0 Å². The molecule has 2 aromatic heterocycles. The van der Waals surface area contributed by atoms with Crippen molar-refractivity contribution in [3.63, 3.8) is 0 Å². The van der Waals surface area contributed by atoms with Crippen molar-refractivity contribution >= 4 is 33.8 Å². The van der Waals surface area contributed by atoms with E-state index < -0.39 is 5.97 Å². The Morgan fingerprint density at radius 1 is 1.17 bits per heavy atom. The van der Waals surface area contributed by atoms with Gasteiger partial charge >= 0.3 is 5.97 Å². The van der Waals surface area contributed by atoms with Crippen molar-refractivity contribution in [1.29, 1.82) is 0 Å². The molecule has 0 amide bonds. The monoisotopic (exact) mass is 419 g/mol. The average Bonchev–Trinajstić information content (AvgIpc) is 3.19. The minimum absolute atomic E-state index is 0.135. The number of carboxylic acid groups (broad SMARTS) is 1. The Balaban J connectivity index is 1.68. The second kappa shape index (κ2) is 8.79. The Labute approximate surface area is 180 Å². The Hall–Kier alpha value is -2.99. The molecule has 0 aliphatic heterocycles. The summed E-state index contributed by atoms with van der Waals surface area (Å²) in [5.74, 6) is -0.406. The summed E-state index contributed by atoms with van der Waals surface area (Å²) in [6, 6.07) is 11.3. The molecule has 0 bridgehead atoms. The van der Waals surface area contributed by atoms with Crippen LogP contribution in [-0.2, 0) is 0 Å². The number of allylic oxidation sites excluding steroid dienone is 2. The van der Waals surface area contributed by atoms with Gasteiger partial charge in [-0.1, -0.05) is 61.6 Å². The molecule has 2 heterocycles. The Morgan fingerprint density at radius 2 is 1.97 bits per heavy atom. The molecule has 0 saturated heterocycles. The first-order chi connectivity index (χ1) is 14.5. The molecule has 30 heavy (non-hydrogen) atoms. The summed E-state index contributed by atoms with van der Waals surface area (Å²) in [5.41, 5.74) is 4.27. The zero-order valence-electron chi connectivity index (χ0n) is 17.2. The van der Waals surface area contributed by atoms with Crippen LogP contribution in [0.2, 0.25) is 0 Å². The number of nitrogens with zero attached hydrogens (tertiary/aromatic N) is 2. The number of pyridine rings is 1. The van der Waals surface area contributed by atoms with Crippen molar-refractivity contribution in [1.82, 2.24) is 9.97 Å². The van der Waals surface area contributed by atoms with Gasteiger partial charge in [-0.2, -0.15) is 0 Å². The van der Waals surface area contributed by atoms with E-state index in [1.54, 1.807) is 23.6 Å². The first-order valence-electron chi connectivity index (χ1n) is 10.3. The van der Waals surface area contributed by atoms with Crippen LogP contribution in [0.1, 0.15) is 66.4 Å². The number of anilines is 2. The Kier molecular flexibility index (Phi) is 5.95. The van der Waals surface area contributed by atoms with Gasteiger partial charge in [0, 0.05) is 11.8 Å². The maximum atomic E-state index is 11.9. The number of carboxylic acids is 1. The molecule has 0 spiro atoms. The second-order valence-electron chi connectivity index (χ2n) is 7.78. The van der Waals surface area contributed by atoms with Gasteiger partial charge in [0.2, 0.25) is 0 Å². The highest BCUT2D eigenvalue weighted by molar-refractivity contribution is 7.16. The first kappa shape index (κ1) is 20.3. The third kappa shape index (κ3) is 4.28. The molecule has 3 aromatic rings. The van der Waals surface area contributed by atoms with Gasteiger partial charge in [0.05, 0.1) is 10.6 Å². The molecule has 0 unspecified atom stereocenters. The summed E-state index contributed by atoms with van der Waals surface area (Å²) < 4.78 is 0. The van der Waals surface area contributed by atoms with E-state index in [2.05, 4.69) is 30.2 Å². The van der Waals surface area contributed by atoms with E-state index in [-0.39, 0.29) is 5.56 Å². The van der Waals surface area contributed by atoms with E-state index in [9.17, 15) is 9.90 Å². The average molecular weight is 420 g/mol. The maximum Gasteiger partial charge on any atom is 0.339 e. The van der Waals surface area contributed by atoms with Gasteiger partial charge in [-0.15, -0.1) is 0 Å². The standard InChI is InChI=1S/C24H25N3O2S/c1-15(2)20-21(17-11-7-4-8-12-17)30-24(26-20)27-22-19(23(28)29)13-18(14-25-22)16-9-5-3-6-10-16/h3,5-6,9-11,13-15H,4,7-8,12H2,1-2H3,(H,28,29)(H,25,26,27). The molecule has 0 saturated carbocycles. The lowest BCUT2D eigenvalue weighted by Gasteiger charge is -2.13. The highest BCUT2D eigenvalue weighted by atomic mass is 32.1. The zero-order chi connectivity index (χ0) is 21.1. The predicted octanol–water partition coefficient (Wildman–Crippen LogP) is 6.73. The van der Waals surface area contributed by atoms with Gasteiger partial charge in [0.1, 0.15) is 11.4 Å². The number of hydrogen-bond acceptors (Lipinski definition) is 5. The molecule has 0 fully saturated rings. The van der Waals surface area contributed by atoms with E-state index in [1.807, 2.05) is 30.3 Å². The molecule has 1 aliphatic rings. The van der Waals surface area contributed by atoms with Crippen LogP contribution in [0, 0.1) is 0 Å². The normalized spacial score (nSPS) is 13.9. The molecule has 6 heteroatoms. The number of thiazole rings is 1. The van der Waals surface area contributed by atoms with E-state index >= 15 is 0 Å². The summed E-state index contributed by atoms with van der Waals surface area (Å²) in [6.45, 7) is 4.28. The minimum atomic E-state index is -1.02. The number of aromatic nitrogens is 2. The first-order valence-corrected chi connectivity index (χ1v) is 11.1. The number of rotatable bonds is 6. The van der Waals surface area contributed by atoms with Gasteiger partial charge in [-0.25, -0.2) is 14.8 Å². The Morgan fingerprint density at radius 3 is 2.63 bits per heavy atom. The largest absolute Gasteiger partial charge is 0.478 e. The SMILES string of the molecule is CC(C)c1nc(Nc2ncc(-c3ccccc3)cc2C(=O)O)sc1C1=CCCCC1. The lowest BCUT2D eigenvalue weighted by molar-refractivity contribution is 0.0697. The highest BCUT2D eigenvalue weighted by Gasteiger charge is 2.21. The number of nitrogens with one attached hydrogen (secondary N) is 1. The lowest BCUT2D eigenvalue weighted by Crippen LogP contribution is -2.05. The van der Waals surface area contributed by atoms with Crippen LogP contribution in [0.25, 0.3) is 16.7 Å². The van der Waals surface area contributed by atoms with Crippen molar-refractivity contribution in [2.75, 3.05) is 5.32 Å². The molecule has 2 N–H and O–H groups in total. The fourth-order valence-electron chi connectivity index (χ4n) is 3.67. The van der Waals surface area contributed by atoms with E-state index in [0.717, 1.165) is 29.7 Å². The van der Waals surface area contributed by atoms with Crippen LogP contribution in [0.3, 0.4) is 0 Å². The van der Waals surface area contributed by atoms with Crippen LogP contribution in [0.4, 0.5) is 10.9 Å². The van der Waals surface area contributed by atoms with Crippen LogP contribution in [0.15, 0.2) is 48.7 Å². The molecule has 0 radical (unpaired) electrons. The fourth-order valence-corrected chi connectivity index (χ4v) is 4.86. The van der Waals surface area contributed by atoms with Gasteiger partial charge in [0.15, 0.2) is 5.13 Å². The van der Waals surface area contributed by atoms with Gasteiger partial charge < -0.3 is 10.4 Å². The number of benzene rings is 1. The summed E-state index contributed by atoms with van der Waals surface area (Å²) in [5, 5.41) is 13.6. The van der Waals surface area contributed by atoms with E-state index in [0.29, 0.717) is 16.9 Å². The van der Waals surface area contributed by atoms with E-state index in [1.165, 1.54) is 23.3 Å². The van der Waals surface area contributed by atoms with E-state index in [4.69, 9.17) is 4.98 Å². The molecule has 154 valence electrons.